The molecule has 0 unspecified atom stereocenters. The Bertz CT molecular complexity index is 774. The summed E-state index contributed by atoms with van der Waals surface area (Å²) >= 11 is 1.41. The number of hydrogen-bond acceptors (Lipinski definition) is 6. The van der Waals surface area contributed by atoms with E-state index in [1.165, 1.54) is 11.3 Å². The van der Waals surface area contributed by atoms with E-state index in [0.29, 0.717) is 29.5 Å². The van der Waals surface area contributed by atoms with Gasteiger partial charge in [-0.05, 0) is 24.6 Å². The molecule has 0 aliphatic carbocycles. The lowest BCUT2D eigenvalue weighted by molar-refractivity contribution is 0.0502. The minimum Gasteiger partial charge on any atom is -0.462 e. The zero-order valence-corrected chi connectivity index (χ0v) is 13.1. The van der Waals surface area contributed by atoms with Crippen molar-refractivity contribution in [2.75, 3.05) is 6.61 Å². The van der Waals surface area contributed by atoms with Crippen molar-refractivity contribution >= 4 is 17.3 Å². The number of esters is 1. The van der Waals surface area contributed by atoms with Crippen LogP contribution in [0.2, 0.25) is 0 Å². The standard InChI is InChI=1S/C15H15N3O3S/c1-10-13(17-14(22-10)12-4-3-6-20-12)15(19)21-7-5-11-8-16-18(2)9-11/h3-4,6,8-9H,5,7H2,1-2H3. The van der Waals surface area contributed by atoms with E-state index < -0.39 is 5.97 Å². The van der Waals surface area contributed by atoms with Crippen LogP contribution in [0.15, 0.2) is 35.2 Å². The van der Waals surface area contributed by atoms with Gasteiger partial charge in [-0.3, -0.25) is 4.68 Å². The molecule has 0 atom stereocenters. The number of thiazole rings is 1. The van der Waals surface area contributed by atoms with Crippen LogP contribution in [0.3, 0.4) is 0 Å². The third kappa shape index (κ3) is 3.09. The van der Waals surface area contributed by atoms with E-state index >= 15 is 0 Å². The van der Waals surface area contributed by atoms with Crippen molar-refractivity contribution < 1.29 is 13.9 Å². The van der Waals surface area contributed by atoms with E-state index in [2.05, 4.69) is 10.1 Å². The number of rotatable bonds is 5. The number of carbonyl (C=O) groups is 1. The van der Waals surface area contributed by atoms with Crippen molar-refractivity contribution in [1.29, 1.82) is 0 Å². The normalized spacial score (nSPS) is 10.8. The maximum atomic E-state index is 12.1. The van der Waals surface area contributed by atoms with Gasteiger partial charge in [0.1, 0.15) is 0 Å². The van der Waals surface area contributed by atoms with Gasteiger partial charge in [-0.25, -0.2) is 9.78 Å². The highest BCUT2D eigenvalue weighted by molar-refractivity contribution is 7.15. The highest BCUT2D eigenvalue weighted by Crippen LogP contribution is 2.28. The molecule has 0 bridgehead atoms. The molecule has 6 nitrogen and oxygen atoms in total. The zero-order chi connectivity index (χ0) is 15.5. The van der Waals surface area contributed by atoms with Crippen LogP contribution >= 0.6 is 11.3 Å². The summed E-state index contributed by atoms with van der Waals surface area (Å²) in [6.45, 7) is 2.15. The minimum atomic E-state index is -0.407. The molecule has 0 saturated heterocycles. The predicted octanol–water partition coefficient (Wildman–Crippen LogP) is 2.84. The Hall–Kier alpha value is -2.41. The van der Waals surface area contributed by atoms with Crippen molar-refractivity contribution in [3.8, 4) is 10.8 Å². The topological polar surface area (TPSA) is 70.2 Å². The second kappa shape index (κ2) is 6.15. The monoisotopic (exact) mass is 317 g/mol. The first-order chi connectivity index (χ1) is 10.6. The van der Waals surface area contributed by atoms with Gasteiger partial charge in [0.25, 0.3) is 0 Å². The Morgan fingerprint density at radius 1 is 1.50 bits per heavy atom. The largest absolute Gasteiger partial charge is 0.462 e. The van der Waals surface area contributed by atoms with Crippen LogP contribution in [0.5, 0.6) is 0 Å². The van der Waals surface area contributed by atoms with Crippen LogP contribution in [0.25, 0.3) is 10.8 Å². The van der Waals surface area contributed by atoms with E-state index in [1.807, 2.05) is 26.2 Å². The Labute approximate surface area is 131 Å². The van der Waals surface area contributed by atoms with E-state index in [9.17, 15) is 4.79 Å². The van der Waals surface area contributed by atoms with Gasteiger partial charge in [0.05, 0.1) is 19.1 Å². The Balaban J connectivity index is 1.62. The van der Waals surface area contributed by atoms with Gasteiger partial charge in [0.15, 0.2) is 16.5 Å². The molecule has 0 N–H and O–H groups in total. The smallest absolute Gasteiger partial charge is 0.358 e. The lowest BCUT2D eigenvalue weighted by Crippen LogP contribution is -2.09. The summed E-state index contributed by atoms with van der Waals surface area (Å²) < 4.78 is 12.3. The van der Waals surface area contributed by atoms with Gasteiger partial charge in [0.2, 0.25) is 0 Å². The Morgan fingerprint density at radius 2 is 2.36 bits per heavy atom. The summed E-state index contributed by atoms with van der Waals surface area (Å²) in [6, 6.07) is 3.60. The molecule has 3 aromatic heterocycles. The molecular formula is C15H15N3O3S. The molecule has 0 radical (unpaired) electrons. The van der Waals surface area contributed by atoms with Gasteiger partial charge in [-0.2, -0.15) is 5.10 Å². The number of ether oxygens (including phenoxy) is 1. The van der Waals surface area contributed by atoms with Crippen molar-refractivity contribution in [3.63, 3.8) is 0 Å². The van der Waals surface area contributed by atoms with Crippen LogP contribution in [0, 0.1) is 6.92 Å². The number of hydrogen-bond donors (Lipinski definition) is 0. The molecule has 3 heterocycles. The summed E-state index contributed by atoms with van der Waals surface area (Å²) in [4.78, 5) is 17.2. The third-order valence-electron chi connectivity index (χ3n) is 3.10. The van der Waals surface area contributed by atoms with Crippen LogP contribution < -0.4 is 0 Å². The lowest BCUT2D eigenvalue weighted by atomic mass is 10.3. The molecule has 3 aromatic rings. The van der Waals surface area contributed by atoms with E-state index in [4.69, 9.17) is 9.15 Å². The summed E-state index contributed by atoms with van der Waals surface area (Å²) in [5.41, 5.74) is 1.38. The van der Waals surface area contributed by atoms with E-state index in [1.54, 1.807) is 23.2 Å². The molecular weight excluding hydrogens is 302 g/mol. The summed E-state index contributed by atoms with van der Waals surface area (Å²) in [5, 5.41) is 4.76. The predicted molar refractivity (Wildman–Crippen MR) is 81.7 cm³/mol. The van der Waals surface area contributed by atoms with Crippen LogP contribution in [-0.4, -0.2) is 27.3 Å². The van der Waals surface area contributed by atoms with E-state index in [-0.39, 0.29) is 0 Å². The minimum absolute atomic E-state index is 0.303. The fraction of sp³-hybridized carbons (Fsp3) is 0.267. The summed E-state index contributed by atoms with van der Waals surface area (Å²) in [5.74, 6) is 0.248. The molecule has 0 aliphatic heterocycles. The van der Waals surface area contributed by atoms with Gasteiger partial charge >= 0.3 is 5.97 Å². The second-order valence-electron chi connectivity index (χ2n) is 4.81. The SMILES string of the molecule is Cc1sc(-c2ccco2)nc1C(=O)OCCc1cnn(C)c1. The van der Waals surface area contributed by atoms with Gasteiger partial charge in [0, 0.05) is 24.5 Å². The van der Waals surface area contributed by atoms with Gasteiger partial charge < -0.3 is 9.15 Å². The molecule has 7 heteroatoms. The molecule has 0 aromatic carbocycles. The third-order valence-corrected chi connectivity index (χ3v) is 4.09. The van der Waals surface area contributed by atoms with Gasteiger partial charge in [-0.15, -0.1) is 11.3 Å². The number of aryl methyl sites for hydroxylation is 2. The summed E-state index contributed by atoms with van der Waals surface area (Å²) in [7, 11) is 1.85. The molecule has 0 saturated carbocycles. The number of carbonyl (C=O) groups excluding carboxylic acids is 1. The molecule has 114 valence electrons. The van der Waals surface area contributed by atoms with Crippen molar-refractivity contribution in [3.05, 3.63) is 46.9 Å². The van der Waals surface area contributed by atoms with Gasteiger partial charge in [-0.1, -0.05) is 0 Å². The number of furan rings is 1. The fourth-order valence-corrected chi connectivity index (χ4v) is 2.89. The first-order valence-electron chi connectivity index (χ1n) is 6.79. The van der Waals surface area contributed by atoms with Crippen LogP contribution in [0.4, 0.5) is 0 Å². The van der Waals surface area contributed by atoms with Crippen molar-refractivity contribution in [2.45, 2.75) is 13.3 Å². The van der Waals surface area contributed by atoms with Crippen LogP contribution in [-0.2, 0) is 18.2 Å². The lowest BCUT2D eigenvalue weighted by Gasteiger charge is -2.02. The quantitative estimate of drug-likeness (QED) is 0.677. The molecule has 0 spiro atoms. The first-order valence-corrected chi connectivity index (χ1v) is 7.61. The molecule has 22 heavy (non-hydrogen) atoms. The maximum Gasteiger partial charge on any atom is 0.358 e. The average molecular weight is 317 g/mol. The molecule has 0 amide bonds. The highest BCUT2D eigenvalue weighted by Gasteiger charge is 2.18. The molecule has 0 fully saturated rings. The maximum absolute atomic E-state index is 12.1. The average Bonchev–Trinajstić information content (AvgIpc) is 3.19. The van der Waals surface area contributed by atoms with Crippen molar-refractivity contribution in [1.82, 2.24) is 14.8 Å². The van der Waals surface area contributed by atoms with Crippen LogP contribution in [0.1, 0.15) is 20.9 Å². The Morgan fingerprint density at radius 3 is 3.05 bits per heavy atom. The second-order valence-corrected chi connectivity index (χ2v) is 6.01. The number of aromatic nitrogens is 3. The fourth-order valence-electron chi connectivity index (χ4n) is 2.02. The highest BCUT2D eigenvalue weighted by atomic mass is 32.1. The van der Waals surface area contributed by atoms with E-state index in [0.717, 1.165) is 10.4 Å². The molecule has 0 aliphatic rings. The molecule has 3 rings (SSSR count). The first kappa shape index (κ1) is 14.5. The number of nitrogens with zero attached hydrogens (tertiary/aromatic N) is 3. The van der Waals surface area contributed by atoms with Crippen molar-refractivity contribution in [2.24, 2.45) is 7.05 Å². The summed E-state index contributed by atoms with van der Waals surface area (Å²) in [6.07, 6.45) is 5.87. The zero-order valence-electron chi connectivity index (χ0n) is 12.3. The Kier molecular flexibility index (Phi) is 4.06.